The molecule has 3 rings (SSSR count). The third kappa shape index (κ3) is 3.51. The quantitative estimate of drug-likeness (QED) is 0.664. The Morgan fingerprint density at radius 3 is 2.69 bits per heavy atom. The normalized spacial score (nSPS) is 26.3. The first-order chi connectivity index (χ1) is 12.5. The van der Waals surface area contributed by atoms with Crippen LogP contribution >= 0.6 is 0 Å². The number of fused-ring (bicyclic) bond motifs is 2. The predicted molar refractivity (Wildman–Crippen MR) is 95.1 cm³/mol. The van der Waals surface area contributed by atoms with Crippen LogP contribution in [0.15, 0.2) is 53.6 Å². The van der Waals surface area contributed by atoms with E-state index in [2.05, 4.69) is 0 Å². The number of methoxy groups -OCH3 is 1. The summed E-state index contributed by atoms with van der Waals surface area (Å²) in [5.41, 5.74) is 2.31. The highest BCUT2D eigenvalue weighted by molar-refractivity contribution is 5.90. The van der Waals surface area contributed by atoms with Crippen molar-refractivity contribution >= 4 is 12.1 Å². The van der Waals surface area contributed by atoms with E-state index in [0.29, 0.717) is 18.5 Å². The largest absolute Gasteiger partial charge is 0.466 e. The van der Waals surface area contributed by atoms with Crippen molar-refractivity contribution in [1.82, 2.24) is 4.90 Å². The van der Waals surface area contributed by atoms with Gasteiger partial charge in [-0.1, -0.05) is 36.4 Å². The molecule has 0 radical (unpaired) electrons. The second-order valence-electron chi connectivity index (χ2n) is 6.49. The highest BCUT2D eigenvalue weighted by Crippen LogP contribution is 2.39. The number of ether oxygens (including phenoxy) is 2. The molecule has 1 unspecified atom stereocenters. The summed E-state index contributed by atoms with van der Waals surface area (Å²) < 4.78 is 10.3. The molecule has 0 aromatic heterocycles. The summed E-state index contributed by atoms with van der Waals surface area (Å²) >= 11 is 0. The van der Waals surface area contributed by atoms with Crippen molar-refractivity contribution in [1.29, 1.82) is 0 Å². The van der Waals surface area contributed by atoms with Gasteiger partial charge in [0.1, 0.15) is 6.61 Å². The lowest BCUT2D eigenvalue weighted by atomic mass is 9.75. The second kappa shape index (κ2) is 7.74. The summed E-state index contributed by atoms with van der Waals surface area (Å²) in [6.45, 7) is 2.38. The maximum Gasteiger partial charge on any atom is 0.410 e. The van der Waals surface area contributed by atoms with Gasteiger partial charge in [0.15, 0.2) is 0 Å². The molecule has 26 heavy (non-hydrogen) atoms. The maximum absolute atomic E-state index is 12.6. The molecule has 6 nitrogen and oxygen atoms in total. The predicted octanol–water partition coefficient (Wildman–Crippen LogP) is 2.43. The van der Waals surface area contributed by atoms with E-state index in [9.17, 15) is 14.7 Å². The van der Waals surface area contributed by atoms with E-state index in [4.69, 9.17) is 9.47 Å². The fourth-order valence-electron chi connectivity index (χ4n) is 3.63. The van der Waals surface area contributed by atoms with Gasteiger partial charge in [-0.25, -0.2) is 9.59 Å². The standard InChI is InChI=1S/C20H23NO5/c1-3-14-11-21(20(24)26-12-13-7-5-4-6-8-13)17-9-15(14)16(10-18(17)22)19(23)25-2/h3-8,10,15,17-18,22H,9,11-12H2,1-2H3/b14-3+/t15-,17-,18?/m0/s1. The number of amides is 1. The smallest absolute Gasteiger partial charge is 0.410 e. The van der Waals surface area contributed by atoms with E-state index in [1.807, 2.05) is 43.3 Å². The summed E-state index contributed by atoms with van der Waals surface area (Å²) in [5, 5.41) is 10.4. The number of aliphatic hydroxyl groups excluding tert-OH is 1. The zero-order valence-electron chi connectivity index (χ0n) is 14.9. The van der Waals surface area contributed by atoms with Crippen molar-refractivity contribution in [2.75, 3.05) is 13.7 Å². The maximum atomic E-state index is 12.6. The number of benzene rings is 1. The minimum Gasteiger partial charge on any atom is -0.466 e. The third-order valence-electron chi connectivity index (χ3n) is 5.03. The van der Waals surface area contributed by atoms with Crippen molar-refractivity contribution < 1.29 is 24.2 Å². The average Bonchev–Trinajstić information content (AvgIpc) is 2.68. The molecule has 1 aromatic carbocycles. The first-order valence-corrected chi connectivity index (χ1v) is 8.65. The number of allylic oxidation sites excluding steroid dienone is 1. The fraction of sp³-hybridized carbons (Fsp3) is 0.400. The molecule has 3 atom stereocenters. The van der Waals surface area contributed by atoms with Gasteiger partial charge in [-0.2, -0.15) is 0 Å². The van der Waals surface area contributed by atoms with Crippen LogP contribution < -0.4 is 0 Å². The molecule has 1 amide bonds. The van der Waals surface area contributed by atoms with E-state index in [1.165, 1.54) is 13.2 Å². The number of hydrogen-bond donors (Lipinski definition) is 1. The Bertz CT molecular complexity index is 740. The van der Waals surface area contributed by atoms with E-state index in [1.54, 1.807) is 4.90 Å². The number of nitrogens with zero attached hydrogens (tertiary/aromatic N) is 1. The lowest BCUT2D eigenvalue weighted by Gasteiger charge is -2.45. The molecule has 1 aliphatic carbocycles. The van der Waals surface area contributed by atoms with Crippen LogP contribution in [-0.2, 0) is 20.9 Å². The summed E-state index contributed by atoms with van der Waals surface area (Å²) in [7, 11) is 1.33. The molecule has 1 heterocycles. The van der Waals surface area contributed by atoms with E-state index >= 15 is 0 Å². The van der Waals surface area contributed by atoms with Gasteiger partial charge in [-0.05, 0) is 30.6 Å². The van der Waals surface area contributed by atoms with Crippen LogP contribution in [0.25, 0.3) is 0 Å². The molecule has 2 bridgehead atoms. The Balaban J connectivity index is 1.77. The van der Waals surface area contributed by atoms with Crippen molar-refractivity contribution in [3.63, 3.8) is 0 Å². The average molecular weight is 357 g/mol. The first kappa shape index (κ1) is 18.2. The van der Waals surface area contributed by atoms with Crippen LogP contribution in [-0.4, -0.2) is 47.9 Å². The van der Waals surface area contributed by atoms with E-state index < -0.39 is 24.2 Å². The molecule has 6 heteroatoms. The van der Waals surface area contributed by atoms with Crippen LogP contribution in [0.4, 0.5) is 4.79 Å². The van der Waals surface area contributed by atoms with Gasteiger partial charge >= 0.3 is 12.1 Å². The van der Waals surface area contributed by atoms with Crippen molar-refractivity contribution in [2.24, 2.45) is 5.92 Å². The van der Waals surface area contributed by atoms with Crippen molar-refractivity contribution in [3.8, 4) is 0 Å². The molecule has 1 aliphatic heterocycles. The summed E-state index contributed by atoms with van der Waals surface area (Å²) in [6.07, 6.45) is 2.49. The molecule has 0 spiro atoms. The molecule has 1 fully saturated rings. The van der Waals surface area contributed by atoms with Crippen LogP contribution in [0.2, 0.25) is 0 Å². The van der Waals surface area contributed by atoms with Gasteiger partial charge in [0.2, 0.25) is 0 Å². The zero-order valence-corrected chi connectivity index (χ0v) is 14.9. The number of aliphatic hydroxyl groups is 1. The first-order valence-electron chi connectivity index (χ1n) is 8.65. The molecule has 138 valence electrons. The van der Waals surface area contributed by atoms with Crippen LogP contribution in [0, 0.1) is 5.92 Å². The minimum atomic E-state index is -0.928. The Morgan fingerprint density at radius 1 is 1.31 bits per heavy atom. The van der Waals surface area contributed by atoms with E-state index in [0.717, 1.165) is 11.1 Å². The Kier molecular flexibility index (Phi) is 5.42. The molecule has 2 aliphatic rings. The third-order valence-corrected chi connectivity index (χ3v) is 5.03. The zero-order chi connectivity index (χ0) is 18.7. The van der Waals surface area contributed by atoms with Crippen molar-refractivity contribution in [3.05, 3.63) is 59.2 Å². The van der Waals surface area contributed by atoms with Gasteiger partial charge in [0.05, 0.1) is 19.3 Å². The van der Waals surface area contributed by atoms with Crippen LogP contribution in [0.5, 0.6) is 0 Å². The number of carbonyl (C=O) groups excluding carboxylic acids is 2. The van der Waals surface area contributed by atoms with Gasteiger partial charge < -0.3 is 14.6 Å². The van der Waals surface area contributed by atoms with Gasteiger partial charge in [0.25, 0.3) is 0 Å². The minimum absolute atomic E-state index is 0.140. The van der Waals surface area contributed by atoms with E-state index in [-0.39, 0.29) is 12.5 Å². The number of esters is 1. The number of hydrogen-bond acceptors (Lipinski definition) is 5. The number of likely N-dealkylation sites (tertiary alicyclic amines) is 1. The lowest BCUT2D eigenvalue weighted by molar-refractivity contribution is -0.137. The highest BCUT2D eigenvalue weighted by Gasteiger charge is 2.44. The molecule has 0 saturated carbocycles. The van der Waals surface area contributed by atoms with Crippen LogP contribution in [0.1, 0.15) is 18.9 Å². The Labute approximate surface area is 152 Å². The molecule has 1 N–H and O–H groups in total. The summed E-state index contributed by atoms with van der Waals surface area (Å²) in [6, 6.07) is 9.03. The SMILES string of the molecule is C/C=C1\CN(C(=O)OCc2ccccc2)[C@H]2C[C@@H]1C(C(=O)OC)=CC2O. The van der Waals surface area contributed by atoms with Gasteiger partial charge in [0, 0.05) is 18.0 Å². The fourth-order valence-corrected chi connectivity index (χ4v) is 3.63. The molecule has 1 aromatic rings. The number of carbonyl (C=O) groups is 2. The van der Waals surface area contributed by atoms with Gasteiger partial charge in [-0.15, -0.1) is 0 Å². The summed E-state index contributed by atoms with van der Waals surface area (Å²) in [5.74, 6) is -0.578. The number of piperidine rings is 1. The topological polar surface area (TPSA) is 76.1 Å². The molecule has 1 saturated heterocycles. The lowest BCUT2D eigenvalue weighted by Crippen LogP contribution is -2.55. The number of rotatable bonds is 3. The Morgan fingerprint density at radius 2 is 2.04 bits per heavy atom. The monoisotopic (exact) mass is 357 g/mol. The molecular weight excluding hydrogens is 334 g/mol. The van der Waals surface area contributed by atoms with Crippen LogP contribution in [0.3, 0.4) is 0 Å². The highest BCUT2D eigenvalue weighted by atomic mass is 16.6. The Hall–Kier alpha value is -2.60. The van der Waals surface area contributed by atoms with Gasteiger partial charge in [-0.3, -0.25) is 4.90 Å². The molecular formula is C20H23NO5. The summed E-state index contributed by atoms with van der Waals surface area (Å²) in [4.78, 5) is 26.2. The van der Waals surface area contributed by atoms with Crippen molar-refractivity contribution in [2.45, 2.75) is 32.1 Å². The second-order valence-corrected chi connectivity index (χ2v) is 6.49.